The molecule has 2 aromatic rings. The van der Waals surface area contributed by atoms with Crippen molar-refractivity contribution >= 4 is 24.5 Å². The topological polar surface area (TPSA) is 37.3 Å². The largest absolute Gasteiger partial charge is 0.478 e. The minimum Gasteiger partial charge on any atom is -0.478 e. The molecule has 0 spiro atoms. The smallest absolute Gasteiger partial charge is 0.336 e. The molecule has 1 aliphatic rings. The summed E-state index contributed by atoms with van der Waals surface area (Å²) in [5, 5.41) is 13.2. The van der Waals surface area contributed by atoms with Crippen LogP contribution in [0.5, 0.6) is 0 Å². The van der Waals surface area contributed by atoms with Crippen molar-refractivity contribution in [1.29, 1.82) is 0 Å². The molecule has 1 aliphatic carbocycles. The third kappa shape index (κ3) is 3.13. The van der Waals surface area contributed by atoms with E-state index < -0.39 is 13.9 Å². The summed E-state index contributed by atoms with van der Waals surface area (Å²) in [4.78, 5) is 11.9. The Morgan fingerprint density at radius 3 is 1.96 bits per heavy atom. The second kappa shape index (κ2) is 6.93. The molecule has 0 aliphatic heterocycles. The Labute approximate surface area is 137 Å². The molecule has 116 valence electrons. The maximum absolute atomic E-state index is 11.9. The van der Waals surface area contributed by atoms with Crippen molar-refractivity contribution in [3.05, 3.63) is 83.2 Å². The molecule has 0 amide bonds. The fraction of sp³-hybridized carbons (Fsp3) is 0.150. The first-order valence-electron chi connectivity index (χ1n) is 7.78. The number of carboxylic acid groups (broad SMARTS) is 1. The molecule has 2 aromatic carbocycles. The van der Waals surface area contributed by atoms with Gasteiger partial charge in [0.1, 0.15) is 0 Å². The van der Waals surface area contributed by atoms with Gasteiger partial charge in [-0.2, -0.15) is 0 Å². The van der Waals surface area contributed by atoms with E-state index in [-0.39, 0.29) is 0 Å². The fourth-order valence-electron chi connectivity index (χ4n) is 3.01. The molecule has 0 atom stereocenters. The summed E-state index contributed by atoms with van der Waals surface area (Å²) in [6.45, 7) is 2.02. The molecule has 0 fully saturated rings. The minimum atomic E-state index is -0.809. The van der Waals surface area contributed by atoms with Crippen LogP contribution in [0.15, 0.2) is 83.2 Å². The molecule has 0 heterocycles. The predicted molar refractivity (Wildman–Crippen MR) is 96.7 cm³/mol. The van der Waals surface area contributed by atoms with Crippen LogP contribution in [0, 0.1) is 0 Å². The molecule has 0 saturated heterocycles. The van der Waals surface area contributed by atoms with Crippen molar-refractivity contribution in [3.8, 4) is 0 Å². The van der Waals surface area contributed by atoms with Crippen LogP contribution < -0.4 is 10.6 Å². The van der Waals surface area contributed by atoms with Gasteiger partial charge in [0.05, 0.1) is 5.57 Å². The van der Waals surface area contributed by atoms with Gasteiger partial charge in [-0.15, -0.1) is 0 Å². The summed E-state index contributed by atoms with van der Waals surface area (Å²) < 4.78 is 0. The predicted octanol–water partition coefficient (Wildman–Crippen LogP) is 4.20. The summed E-state index contributed by atoms with van der Waals surface area (Å²) in [5.41, 5.74) is 1.50. The van der Waals surface area contributed by atoms with Gasteiger partial charge in [0.15, 0.2) is 0 Å². The van der Waals surface area contributed by atoms with Crippen molar-refractivity contribution in [2.45, 2.75) is 19.8 Å². The standard InChI is InChI=1S/C20H19O2P/c1-2-15-13-14-18(19(15)20(21)22)23(16-9-5-3-6-10-16)17-11-7-4-8-12-17/h3-13H,2,14H2,1H3,(H,21,22). The van der Waals surface area contributed by atoms with Crippen LogP contribution in [0.4, 0.5) is 0 Å². The SMILES string of the molecule is CCC1=CCC(P(c2ccccc2)c2ccccc2)=C1C(=O)O. The van der Waals surface area contributed by atoms with Gasteiger partial charge < -0.3 is 5.11 Å². The maximum Gasteiger partial charge on any atom is 0.336 e. The van der Waals surface area contributed by atoms with E-state index in [1.807, 2.05) is 43.3 Å². The molecule has 0 bridgehead atoms. The number of hydrogen-bond acceptors (Lipinski definition) is 1. The van der Waals surface area contributed by atoms with Crippen LogP contribution in [-0.4, -0.2) is 11.1 Å². The molecule has 0 aromatic heterocycles. The number of carbonyl (C=O) groups is 1. The van der Waals surface area contributed by atoms with Crippen LogP contribution in [-0.2, 0) is 4.79 Å². The van der Waals surface area contributed by atoms with Crippen molar-refractivity contribution in [1.82, 2.24) is 0 Å². The number of benzene rings is 2. The highest BCUT2D eigenvalue weighted by Crippen LogP contribution is 2.50. The van der Waals surface area contributed by atoms with Crippen LogP contribution >= 0.6 is 7.92 Å². The Balaban J connectivity index is 2.17. The summed E-state index contributed by atoms with van der Waals surface area (Å²) in [6.07, 6.45) is 3.58. The maximum atomic E-state index is 11.9. The van der Waals surface area contributed by atoms with E-state index in [1.165, 1.54) is 10.6 Å². The highest BCUT2D eigenvalue weighted by atomic mass is 31.1. The first-order valence-corrected chi connectivity index (χ1v) is 9.12. The van der Waals surface area contributed by atoms with Gasteiger partial charge in [-0.1, -0.05) is 73.7 Å². The summed E-state index contributed by atoms with van der Waals surface area (Å²) in [6, 6.07) is 20.5. The molecule has 0 unspecified atom stereocenters. The fourth-order valence-corrected chi connectivity index (χ4v) is 5.61. The van der Waals surface area contributed by atoms with Crippen LogP contribution in [0.25, 0.3) is 0 Å². The van der Waals surface area contributed by atoms with Gasteiger partial charge in [-0.05, 0) is 42.3 Å². The van der Waals surface area contributed by atoms with Crippen molar-refractivity contribution in [2.75, 3.05) is 0 Å². The van der Waals surface area contributed by atoms with Crippen molar-refractivity contribution in [3.63, 3.8) is 0 Å². The lowest BCUT2D eigenvalue weighted by atomic mass is 10.1. The molecule has 0 saturated carbocycles. The monoisotopic (exact) mass is 322 g/mol. The Morgan fingerprint density at radius 2 is 1.52 bits per heavy atom. The number of rotatable bonds is 5. The number of hydrogen-bond donors (Lipinski definition) is 1. The Bertz CT molecular complexity index is 721. The van der Waals surface area contributed by atoms with E-state index in [0.717, 1.165) is 23.7 Å². The van der Waals surface area contributed by atoms with Gasteiger partial charge in [0, 0.05) is 0 Å². The summed E-state index contributed by atoms with van der Waals surface area (Å²) >= 11 is 0. The highest BCUT2D eigenvalue weighted by molar-refractivity contribution is 7.76. The van der Waals surface area contributed by atoms with Gasteiger partial charge in [-0.25, -0.2) is 4.79 Å². The van der Waals surface area contributed by atoms with Gasteiger partial charge in [0.25, 0.3) is 0 Å². The summed E-state index contributed by atoms with van der Waals surface area (Å²) in [5.74, 6) is -0.801. The zero-order chi connectivity index (χ0) is 16.2. The van der Waals surface area contributed by atoms with Crippen LogP contribution in [0.2, 0.25) is 0 Å². The first kappa shape index (κ1) is 15.7. The molecule has 0 radical (unpaired) electrons. The number of aliphatic carboxylic acids is 1. The second-order valence-electron chi connectivity index (χ2n) is 5.42. The lowest BCUT2D eigenvalue weighted by molar-refractivity contribution is -0.132. The average Bonchev–Trinajstić information content (AvgIpc) is 3.01. The van der Waals surface area contributed by atoms with Crippen LogP contribution in [0.3, 0.4) is 0 Å². The molecular formula is C20H19O2P. The normalized spacial score (nSPS) is 14.3. The number of allylic oxidation sites excluding steroid dienone is 2. The summed E-state index contributed by atoms with van der Waals surface area (Å²) in [7, 11) is -0.809. The van der Waals surface area contributed by atoms with E-state index in [9.17, 15) is 9.90 Å². The Hall–Kier alpha value is -2.18. The van der Waals surface area contributed by atoms with Gasteiger partial charge >= 0.3 is 5.97 Å². The highest BCUT2D eigenvalue weighted by Gasteiger charge is 2.29. The molecule has 2 nitrogen and oxygen atoms in total. The third-order valence-electron chi connectivity index (χ3n) is 4.04. The quantitative estimate of drug-likeness (QED) is 0.838. The second-order valence-corrected chi connectivity index (χ2v) is 7.66. The average molecular weight is 322 g/mol. The van der Waals surface area contributed by atoms with E-state index in [1.54, 1.807) is 0 Å². The van der Waals surface area contributed by atoms with E-state index >= 15 is 0 Å². The molecule has 23 heavy (non-hydrogen) atoms. The van der Waals surface area contributed by atoms with E-state index in [2.05, 4.69) is 30.3 Å². The van der Waals surface area contributed by atoms with Crippen molar-refractivity contribution in [2.24, 2.45) is 0 Å². The number of carboxylic acids is 1. The van der Waals surface area contributed by atoms with Crippen LogP contribution in [0.1, 0.15) is 19.8 Å². The van der Waals surface area contributed by atoms with E-state index in [0.29, 0.717) is 5.57 Å². The zero-order valence-corrected chi connectivity index (χ0v) is 14.0. The lowest BCUT2D eigenvalue weighted by Crippen LogP contribution is -2.15. The minimum absolute atomic E-state index is 0.534. The molecule has 1 N–H and O–H groups in total. The first-order chi connectivity index (χ1) is 11.2. The Morgan fingerprint density at radius 1 is 1.00 bits per heavy atom. The molecule has 3 rings (SSSR count). The third-order valence-corrected chi connectivity index (χ3v) is 6.62. The molecular weight excluding hydrogens is 303 g/mol. The van der Waals surface area contributed by atoms with E-state index in [4.69, 9.17) is 0 Å². The van der Waals surface area contributed by atoms with Gasteiger partial charge in [-0.3, -0.25) is 0 Å². The zero-order valence-electron chi connectivity index (χ0n) is 13.1. The Kier molecular flexibility index (Phi) is 4.73. The lowest BCUT2D eigenvalue weighted by Gasteiger charge is -2.21. The molecule has 3 heteroatoms. The van der Waals surface area contributed by atoms with Crippen molar-refractivity contribution < 1.29 is 9.90 Å². The van der Waals surface area contributed by atoms with Gasteiger partial charge in [0.2, 0.25) is 0 Å².